The lowest BCUT2D eigenvalue weighted by Gasteiger charge is -2.11. The van der Waals surface area contributed by atoms with Crippen molar-refractivity contribution in [2.24, 2.45) is 5.73 Å². The van der Waals surface area contributed by atoms with Crippen LogP contribution in [0.15, 0.2) is 18.3 Å². The number of nitrogens with zero attached hydrogens (tertiary/aromatic N) is 2. The Labute approximate surface area is 116 Å². The van der Waals surface area contributed by atoms with Gasteiger partial charge in [0.15, 0.2) is 0 Å². The van der Waals surface area contributed by atoms with Gasteiger partial charge < -0.3 is 14.9 Å². The highest BCUT2D eigenvalue weighted by Crippen LogP contribution is 2.17. The molecule has 0 radical (unpaired) electrons. The fourth-order valence-electron chi connectivity index (χ4n) is 1.97. The lowest BCUT2D eigenvalue weighted by atomic mass is 10.1. The topological polar surface area (TPSA) is 69.6 Å². The number of imidazole rings is 1. The van der Waals surface area contributed by atoms with Crippen molar-refractivity contribution in [2.75, 3.05) is 6.61 Å². The predicted molar refractivity (Wildman–Crippen MR) is 73.3 cm³/mol. The molecule has 0 aromatic carbocycles. The summed E-state index contributed by atoms with van der Waals surface area (Å²) in [5.74, 6) is -0.404. The molecule has 2 N–H and O–H groups in total. The van der Waals surface area contributed by atoms with E-state index in [1.165, 1.54) is 0 Å². The minimum atomic E-state index is -0.697. The molecule has 19 heavy (non-hydrogen) atoms. The Kier molecular flexibility index (Phi) is 4.07. The van der Waals surface area contributed by atoms with E-state index < -0.39 is 12.0 Å². The molecule has 1 atom stereocenters. The predicted octanol–water partition coefficient (Wildman–Crippen LogP) is 1.73. The van der Waals surface area contributed by atoms with Crippen LogP contribution in [0.4, 0.5) is 0 Å². The Morgan fingerprint density at radius 2 is 2.32 bits per heavy atom. The van der Waals surface area contributed by atoms with E-state index in [-0.39, 0.29) is 0 Å². The van der Waals surface area contributed by atoms with Gasteiger partial charge in [0.2, 0.25) is 0 Å². The van der Waals surface area contributed by atoms with Crippen molar-refractivity contribution in [1.29, 1.82) is 0 Å². The molecule has 0 spiro atoms. The first-order chi connectivity index (χ1) is 9.02. The Morgan fingerprint density at radius 1 is 1.58 bits per heavy atom. The summed E-state index contributed by atoms with van der Waals surface area (Å²) >= 11 is 5.98. The van der Waals surface area contributed by atoms with Crippen LogP contribution in [0, 0.1) is 6.92 Å². The number of fused-ring (bicyclic) bond motifs is 1. The molecule has 0 aliphatic carbocycles. The monoisotopic (exact) mass is 281 g/mol. The van der Waals surface area contributed by atoms with Gasteiger partial charge in [-0.05, 0) is 26.0 Å². The molecule has 6 heteroatoms. The van der Waals surface area contributed by atoms with Gasteiger partial charge in [0.25, 0.3) is 0 Å². The number of ether oxygens (including phenoxy) is 1. The first-order valence-electron chi connectivity index (χ1n) is 6.08. The number of pyridine rings is 1. The highest BCUT2D eigenvalue weighted by Gasteiger charge is 2.19. The van der Waals surface area contributed by atoms with Crippen molar-refractivity contribution in [1.82, 2.24) is 9.38 Å². The van der Waals surface area contributed by atoms with Crippen LogP contribution < -0.4 is 5.73 Å². The molecular formula is C13H16ClN3O2. The van der Waals surface area contributed by atoms with E-state index in [2.05, 4.69) is 4.98 Å². The summed E-state index contributed by atoms with van der Waals surface area (Å²) in [5.41, 5.74) is 8.34. The maximum atomic E-state index is 11.6. The molecular weight excluding hydrogens is 266 g/mol. The van der Waals surface area contributed by atoms with Crippen molar-refractivity contribution in [3.63, 3.8) is 0 Å². The van der Waals surface area contributed by atoms with Crippen LogP contribution >= 0.6 is 11.6 Å². The third-order valence-electron chi connectivity index (χ3n) is 2.88. The molecule has 0 fully saturated rings. The number of halogens is 1. The van der Waals surface area contributed by atoms with E-state index in [1.807, 2.05) is 17.4 Å². The maximum Gasteiger partial charge on any atom is 0.323 e. The normalized spacial score (nSPS) is 12.6. The lowest BCUT2D eigenvalue weighted by molar-refractivity contribution is -0.144. The molecule has 2 rings (SSSR count). The molecule has 0 aliphatic heterocycles. The van der Waals surface area contributed by atoms with E-state index in [0.29, 0.717) is 18.1 Å². The highest BCUT2D eigenvalue weighted by molar-refractivity contribution is 6.30. The summed E-state index contributed by atoms with van der Waals surface area (Å²) in [6.45, 7) is 3.96. The number of aromatic nitrogens is 2. The smallest absolute Gasteiger partial charge is 0.323 e. The molecule has 2 heterocycles. The Hall–Kier alpha value is -1.59. The van der Waals surface area contributed by atoms with Gasteiger partial charge in [0, 0.05) is 18.3 Å². The van der Waals surface area contributed by atoms with Crippen molar-refractivity contribution in [3.8, 4) is 0 Å². The van der Waals surface area contributed by atoms with E-state index >= 15 is 0 Å². The van der Waals surface area contributed by atoms with Crippen LogP contribution in [-0.4, -0.2) is 28.0 Å². The van der Waals surface area contributed by atoms with Crippen molar-refractivity contribution < 1.29 is 9.53 Å². The number of aryl methyl sites for hydroxylation is 1. The zero-order valence-corrected chi connectivity index (χ0v) is 11.6. The van der Waals surface area contributed by atoms with Crippen molar-refractivity contribution in [3.05, 3.63) is 34.7 Å². The van der Waals surface area contributed by atoms with Gasteiger partial charge in [0.1, 0.15) is 11.7 Å². The summed E-state index contributed by atoms with van der Waals surface area (Å²) in [4.78, 5) is 16.0. The Morgan fingerprint density at radius 3 is 3.00 bits per heavy atom. The van der Waals surface area contributed by atoms with Crippen LogP contribution in [0.5, 0.6) is 0 Å². The van der Waals surface area contributed by atoms with Gasteiger partial charge in [-0.3, -0.25) is 4.79 Å². The van der Waals surface area contributed by atoms with Crippen molar-refractivity contribution >= 4 is 23.2 Å². The van der Waals surface area contributed by atoms with Gasteiger partial charge in [-0.2, -0.15) is 0 Å². The minimum Gasteiger partial charge on any atom is -0.465 e. The van der Waals surface area contributed by atoms with Crippen LogP contribution in [0.25, 0.3) is 5.65 Å². The second kappa shape index (κ2) is 5.59. The summed E-state index contributed by atoms with van der Waals surface area (Å²) in [5, 5.41) is 0.607. The fraction of sp³-hybridized carbons (Fsp3) is 0.385. The Bertz CT molecular complexity index is 609. The number of esters is 1. The summed E-state index contributed by atoms with van der Waals surface area (Å²) in [7, 11) is 0. The molecule has 0 aliphatic rings. The van der Waals surface area contributed by atoms with Crippen LogP contribution in [0.1, 0.15) is 18.3 Å². The van der Waals surface area contributed by atoms with Gasteiger partial charge in [0.05, 0.1) is 17.3 Å². The quantitative estimate of drug-likeness (QED) is 0.867. The first-order valence-corrected chi connectivity index (χ1v) is 6.46. The first kappa shape index (κ1) is 13.8. The average Bonchev–Trinajstić information content (AvgIpc) is 2.66. The summed E-state index contributed by atoms with van der Waals surface area (Å²) in [6.07, 6.45) is 2.14. The molecule has 0 bridgehead atoms. The second-order valence-electron chi connectivity index (χ2n) is 4.28. The molecule has 5 nitrogen and oxygen atoms in total. The number of hydrogen-bond acceptors (Lipinski definition) is 4. The molecule has 0 saturated heterocycles. The highest BCUT2D eigenvalue weighted by atomic mass is 35.5. The fourth-order valence-corrected chi connectivity index (χ4v) is 2.13. The third kappa shape index (κ3) is 2.88. The number of hydrogen-bond donors (Lipinski definition) is 1. The third-order valence-corrected chi connectivity index (χ3v) is 3.11. The largest absolute Gasteiger partial charge is 0.465 e. The van der Waals surface area contributed by atoms with Crippen molar-refractivity contribution in [2.45, 2.75) is 26.3 Å². The Balaban J connectivity index is 2.31. The molecule has 102 valence electrons. The molecule has 0 saturated carbocycles. The number of nitrogens with two attached hydrogens (primary N) is 1. The SMILES string of the molecule is CCOC(=O)C(N)Cc1c(C)nc2ccc(Cl)cn12. The van der Waals surface area contributed by atoms with E-state index in [4.69, 9.17) is 22.1 Å². The van der Waals surface area contributed by atoms with Crippen LogP contribution in [-0.2, 0) is 16.0 Å². The lowest BCUT2D eigenvalue weighted by Crippen LogP contribution is -2.35. The van der Waals surface area contributed by atoms with Gasteiger partial charge in [-0.25, -0.2) is 4.98 Å². The number of carbonyl (C=O) groups excluding carboxylic acids is 1. The standard InChI is InChI=1S/C13H16ClN3O2/c1-3-19-13(18)10(15)6-11-8(2)16-12-5-4-9(14)7-17(11)12/h4-5,7,10H,3,6,15H2,1-2H3. The summed E-state index contributed by atoms with van der Waals surface area (Å²) in [6, 6.07) is 2.91. The van der Waals surface area contributed by atoms with E-state index in [1.54, 1.807) is 19.2 Å². The maximum absolute atomic E-state index is 11.6. The molecule has 1 unspecified atom stereocenters. The minimum absolute atomic E-state index is 0.324. The number of carbonyl (C=O) groups is 1. The van der Waals surface area contributed by atoms with Gasteiger partial charge in [-0.1, -0.05) is 11.6 Å². The van der Waals surface area contributed by atoms with E-state index in [9.17, 15) is 4.79 Å². The zero-order chi connectivity index (χ0) is 14.0. The van der Waals surface area contributed by atoms with E-state index in [0.717, 1.165) is 17.0 Å². The second-order valence-corrected chi connectivity index (χ2v) is 4.72. The average molecular weight is 282 g/mol. The van der Waals surface area contributed by atoms with Crippen LogP contribution in [0.3, 0.4) is 0 Å². The van der Waals surface area contributed by atoms with Gasteiger partial charge >= 0.3 is 5.97 Å². The number of rotatable bonds is 4. The zero-order valence-electron chi connectivity index (χ0n) is 10.9. The molecule has 2 aromatic rings. The molecule has 0 amide bonds. The van der Waals surface area contributed by atoms with Gasteiger partial charge in [-0.15, -0.1) is 0 Å². The van der Waals surface area contributed by atoms with Crippen LogP contribution in [0.2, 0.25) is 5.02 Å². The molecule has 2 aromatic heterocycles. The summed E-state index contributed by atoms with van der Waals surface area (Å²) < 4.78 is 6.77.